The molecule has 1 aliphatic heterocycles. The van der Waals surface area contributed by atoms with Crippen LogP contribution >= 0.6 is 0 Å². The van der Waals surface area contributed by atoms with E-state index in [-0.39, 0.29) is 5.97 Å². The number of likely N-dealkylation sites (N-methyl/N-ethyl adjacent to an activating group) is 1. The highest BCUT2D eigenvalue weighted by molar-refractivity contribution is 5.91. The lowest BCUT2D eigenvalue weighted by molar-refractivity contribution is 0.0601. The lowest BCUT2D eigenvalue weighted by Crippen LogP contribution is -2.44. The Kier molecular flexibility index (Phi) is 3.72. The molecule has 0 unspecified atom stereocenters. The predicted octanol–water partition coefficient (Wildman–Crippen LogP) is 0.807. The molecule has 1 fully saturated rings. The van der Waals surface area contributed by atoms with E-state index in [1.807, 2.05) is 12.1 Å². The molecule has 2 N–H and O–H groups in total. The second-order valence-electron chi connectivity index (χ2n) is 4.60. The third-order valence-corrected chi connectivity index (χ3v) is 3.23. The number of esters is 1. The monoisotopic (exact) mass is 249 g/mol. The van der Waals surface area contributed by atoms with Crippen LogP contribution in [-0.2, 0) is 4.74 Å². The quantitative estimate of drug-likeness (QED) is 0.621. The average molecular weight is 249 g/mol. The van der Waals surface area contributed by atoms with Crippen LogP contribution in [0.4, 0.5) is 11.4 Å². The van der Waals surface area contributed by atoms with Crippen LogP contribution in [0.2, 0.25) is 0 Å². The molecule has 0 amide bonds. The summed E-state index contributed by atoms with van der Waals surface area (Å²) >= 11 is 0. The Labute approximate surface area is 107 Å². The zero-order chi connectivity index (χ0) is 13.1. The van der Waals surface area contributed by atoms with Gasteiger partial charge in [-0.1, -0.05) is 0 Å². The molecule has 0 bridgehead atoms. The standard InChI is InChI=1S/C13H19N3O2/c1-15-3-5-16(6-4-15)12-8-10(13(17)18-2)7-11(14)9-12/h7-9H,3-6,14H2,1-2H3. The molecule has 0 radical (unpaired) electrons. The number of benzene rings is 1. The van der Waals surface area contributed by atoms with Gasteiger partial charge in [0.2, 0.25) is 0 Å². The molecule has 0 saturated carbocycles. The molecule has 5 nitrogen and oxygen atoms in total. The molecule has 0 aliphatic carbocycles. The van der Waals surface area contributed by atoms with Gasteiger partial charge in [0.25, 0.3) is 0 Å². The smallest absolute Gasteiger partial charge is 0.337 e. The first-order valence-corrected chi connectivity index (χ1v) is 6.02. The van der Waals surface area contributed by atoms with Gasteiger partial charge >= 0.3 is 5.97 Å². The fourth-order valence-electron chi connectivity index (χ4n) is 2.12. The Morgan fingerprint density at radius 3 is 2.50 bits per heavy atom. The summed E-state index contributed by atoms with van der Waals surface area (Å²) in [6.45, 7) is 3.92. The average Bonchev–Trinajstić information content (AvgIpc) is 2.38. The first-order valence-electron chi connectivity index (χ1n) is 6.02. The zero-order valence-corrected chi connectivity index (χ0v) is 10.8. The van der Waals surface area contributed by atoms with Crippen molar-refractivity contribution in [1.29, 1.82) is 0 Å². The number of anilines is 2. The number of nitrogens with two attached hydrogens (primary N) is 1. The second-order valence-corrected chi connectivity index (χ2v) is 4.60. The number of nitrogens with zero attached hydrogens (tertiary/aromatic N) is 2. The van der Waals surface area contributed by atoms with Crippen molar-refractivity contribution in [3.05, 3.63) is 23.8 Å². The molecule has 1 heterocycles. The van der Waals surface area contributed by atoms with Gasteiger partial charge in [0.05, 0.1) is 12.7 Å². The summed E-state index contributed by atoms with van der Waals surface area (Å²) in [4.78, 5) is 16.1. The minimum absolute atomic E-state index is 0.349. The van der Waals surface area contributed by atoms with Crippen molar-refractivity contribution in [1.82, 2.24) is 4.90 Å². The number of carbonyl (C=O) groups is 1. The van der Waals surface area contributed by atoms with E-state index in [9.17, 15) is 4.79 Å². The number of rotatable bonds is 2. The second kappa shape index (κ2) is 5.27. The number of hydrogen-bond acceptors (Lipinski definition) is 5. The molecule has 1 saturated heterocycles. The first kappa shape index (κ1) is 12.7. The first-order chi connectivity index (χ1) is 8.60. The van der Waals surface area contributed by atoms with Gasteiger partial charge in [0.1, 0.15) is 0 Å². The Morgan fingerprint density at radius 1 is 1.22 bits per heavy atom. The maximum Gasteiger partial charge on any atom is 0.337 e. The summed E-state index contributed by atoms with van der Waals surface area (Å²) in [5.74, 6) is -0.349. The van der Waals surface area contributed by atoms with Crippen LogP contribution in [0.1, 0.15) is 10.4 Å². The third kappa shape index (κ3) is 2.73. The van der Waals surface area contributed by atoms with Gasteiger partial charge in [-0.3, -0.25) is 0 Å². The van der Waals surface area contributed by atoms with Crippen molar-refractivity contribution < 1.29 is 9.53 Å². The van der Waals surface area contributed by atoms with Gasteiger partial charge in [-0.2, -0.15) is 0 Å². The number of piperazine rings is 1. The number of carbonyl (C=O) groups excluding carboxylic acids is 1. The Bertz CT molecular complexity index is 440. The molecule has 0 spiro atoms. The number of nitrogen functional groups attached to an aromatic ring is 1. The number of ether oxygens (including phenoxy) is 1. The molecule has 2 rings (SSSR count). The largest absolute Gasteiger partial charge is 0.465 e. The zero-order valence-electron chi connectivity index (χ0n) is 10.8. The highest BCUT2D eigenvalue weighted by Crippen LogP contribution is 2.22. The molecule has 1 aromatic carbocycles. The number of hydrogen-bond donors (Lipinski definition) is 1. The van der Waals surface area contributed by atoms with Gasteiger partial charge in [0, 0.05) is 37.6 Å². The maximum absolute atomic E-state index is 11.5. The third-order valence-electron chi connectivity index (χ3n) is 3.23. The molecule has 18 heavy (non-hydrogen) atoms. The SMILES string of the molecule is COC(=O)c1cc(N)cc(N2CCN(C)CC2)c1. The van der Waals surface area contributed by atoms with Gasteiger partial charge in [0.15, 0.2) is 0 Å². The van der Waals surface area contributed by atoms with Crippen molar-refractivity contribution in [2.75, 3.05) is 51.0 Å². The van der Waals surface area contributed by atoms with Crippen LogP contribution in [0, 0.1) is 0 Å². The van der Waals surface area contributed by atoms with Crippen LogP contribution in [0.3, 0.4) is 0 Å². The van der Waals surface area contributed by atoms with Gasteiger partial charge in [-0.15, -0.1) is 0 Å². The van der Waals surface area contributed by atoms with Crippen molar-refractivity contribution >= 4 is 17.3 Å². The lowest BCUT2D eigenvalue weighted by Gasteiger charge is -2.34. The van der Waals surface area contributed by atoms with Crippen molar-refractivity contribution in [2.45, 2.75) is 0 Å². The van der Waals surface area contributed by atoms with E-state index in [0.717, 1.165) is 31.9 Å². The minimum atomic E-state index is -0.349. The molecular formula is C13H19N3O2. The maximum atomic E-state index is 11.5. The summed E-state index contributed by atoms with van der Waals surface area (Å²) in [5.41, 5.74) is 7.93. The van der Waals surface area contributed by atoms with Gasteiger partial charge in [-0.25, -0.2) is 4.79 Å². The molecular weight excluding hydrogens is 230 g/mol. The van der Waals surface area contributed by atoms with Gasteiger partial charge in [-0.05, 0) is 25.2 Å². The Morgan fingerprint density at radius 2 is 1.89 bits per heavy atom. The van der Waals surface area contributed by atoms with E-state index >= 15 is 0 Å². The summed E-state index contributed by atoms with van der Waals surface area (Å²) in [6, 6.07) is 5.39. The van der Waals surface area contributed by atoms with Gasteiger partial charge < -0.3 is 20.3 Å². The summed E-state index contributed by atoms with van der Waals surface area (Å²) < 4.78 is 4.73. The highest BCUT2D eigenvalue weighted by atomic mass is 16.5. The van der Waals surface area contributed by atoms with Crippen LogP contribution < -0.4 is 10.6 Å². The van der Waals surface area contributed by atoms with E-state index < -0.39 is 0 Å². The van der Waals surface area contributed by atoms with Crippen molar-refractivity contribution in [3.8, 4) is 0 Å². The minimum Gasteiger partial charge on any atom is -0.465 e. The Balaban J connectivity index is 2.22. The Hall–Kier alpha value is -1.75. The molecule has 5 heteroatoms. The summed E-state index contributed by atoms with van der Waals surface area (Å²) in [6.07, 6.45) is 0. The topological polar surface area (TPSA) is 58.8 Å². The normalized spacial score (nSPS) is 16.7. The predicted molar refractivity (Wildman–Crippen MR) is 71.9 cm³/mol. The molecule has 98 valence electrons. The van der Waals surface area contributed by atoms with Crippen LogP contribution in [-0.4, -0.2) is 51.2 Å². The fraction of sp³-hybridized carbons (Fsp3) is 0.462. The molecule has 0 aromatic heterocycles. The number of methoxy groups -OCH3 is 1. The summed E-state index contributed by atoms with van der Waals surface area (Å²) in [7, 11) is 3.48. The van der Waals surface area contributed by atoms with Crippen LogP contribution in [0.25, 0.3) is 0 Å². The molecule has 1 aromatic rings. The lowest BCUT2D eigenvalue weighted by atomic mass is 10.1. The van der Waals surface area contributed by atoms with E-state index in [2.05, 4.69) is 16.8 Å². The molecule has 1 aliphatic rings. The van der Waals surface area contributed by atoms with Crippen molar-refractivity contribution in [3.63, 3.8) is 0 Å². The van der Waals surface area contributed by atoms with E-state index in [1.165, 1.54) is 7.11 Å². The van der Waals surface area contributed by atoms with Crippen molar-refractivity contribution in [2.24, 2.45) is 0 Å². The van der Waals surface area contributed by atoms with E-state index in [4.69, 9.17) is 10.5 Å². The van der Waals surface area contributed by atoms with E-state index in [1.54, 1.807) is 6.07 Å². The van der Waals surface area contributed by atoms with Crippen LogP contribution in [0.15, 0.2) is 18.2 Å². The summed E-state index contributed by atoms with van der Waals surface area (Å²) in [5, 5.41) is 0. The highest BCUT2D eigenvalue weighted by Gasteiger charge is 2.16. The fourth-order valence-corrected chi connectivity index (χ4v) is 2.12. The van der Waals surface area contributed by atoms with Crippen LogP contribution in [0.5, 0.6) is 0 Å². The molecule has 0 atom stereocenters. The van der Waals surface area contributed by atoms with E-state index in [0.29, 0.717) is 11.3 Å².